The smallest absolute Gasteiger partial charge is 0.120 e. The molecule has 0 aromatic heterocycles. The van der Waals surface area contributed by atoms with E-state index in [-0.39, 0.29) is 18.9 Å². The van der Waals surface area contributed by atoms with Crippen molar-refractivity contribution in [2.45, 2.75) is 6.92 Å². The van der Waals surface area contributed by atoms with Gasteiger partial charge in [0.1, 0.15) is 0 Å². The molecule has 0 aliphatic rings. The molecule has 4 heavy (non-hydrogen) atoms. The van der Waals surface area contributed by atoms with Gasteiger partial charge in [-0.1, -0.05) is 0 Å². The summed E-state index contributed by atoms with van der Waals surface area (Å²) in [6, 6.07) is 0. The fourth-order valence-electron chi connectivity index (χ4n) is 0. The van der Waals surface area contributed by atoms with Crippen molar-refractivity contribution >= 4 is 0 Å². The van der Waals surface area contributed by atoms with Gasteiger partial charge in [0, 0.05) is 0 Å². The molecule has 0 saturated heterocycles. The molecule has 0 amide bonds. The molecule has 0 aromatic rings. The van der Waals surface area contributed by atoms with E-state index in [0.717, 1.165) is 0 Å². The first-order valence-corrected chi connectivity index (χ1v) is 0.789. The fourth-order valence-corrected chi connectivity index (χ4v) is 0. The molecule has 0 fully saturated rings. The van der Waals surface area contributed by atoms with E-state index in [1.54, 1.807) is 6.92 Å². The average Bonchev–Trinajstić information content (AvgIpc) is 0.918. The van der Waals surface area contributed by atoms with Gasteiger partial charge in [-0.05, 0) is 6.92 Å². The second-order valence-corrected chi connectivity index (χ2v) is 0.289. The van der Waals surface area contributed by atoms with Gasteiger partial charge >= 0.3 is 18.9 Å². The zero-order valence-electron chi connectivity index (χ0n) is 3.08. The van der Waals surface area contributed by atoms with Crippen LogP contribution in [0, 0.1) is 12.3 Å². The number of hydrogen-bond donors (Lipinski definition) is 0. The molecule has 0 unspecified atom stereocenters. The number of rotatable bonds is 0. The van der Waals surface area contributed by atoms with E-state index in [2.05, 4.69) is 12.3 Å². The molecular weight excluding hydrogens is 43.0 g/mol. The maximum absolute atomic E-state index is 4.60. The molecule has 16 valence electrons. The topological polar surface area (TPSA) is 0 Å². The molecule has 0 bridgehead atoms. The van der Waals surface area contributed by atoms with Gasteiger partial charge in [0.05, 0.1) is 0 Å². The van der Waals surface area contributed by atoms with E-state index in [4.69, 9.17) is 0 Å². The van der Waals surface area contributed by atoms with Crippen LogP contribution in [0.15, 0.2) is 0 Å². The van der Waals surface area contributed by atoms with Crippen molar-refractivity contribution in [1.29, 1.82) is 0 Å². The first kappa shape index (κ1) is 8.90. The van der Waals surface area contributed by atoms with Crippen LogP contribution in [0.25, 0.3) is 0 Å². The summed E-state index contributed by atoms with van der Waals surface area (Å²) in [7, 11) is 0. The van der Waals surface area contributed by atoms with Crippen LogP contribution in [0.4, 0.5) is 0 Å². The van der Waals surface area contributed by atoms with Gasteiger partial charge in [-0.2, -0.15) is 0 Å². The van der Waals surface area contributed by atoms with Crippen LogP contribution in [-0.2, 0) is 0 Å². The normalized spacial score (nSPS) is 2.00. The van der Waals surface area contributed by atoms with Gasteiger partial charge in [0.2, 0.25) is 0 Å². The Bertz CT molecular complexity index is 24.8. The second kappa shape index (κ2) is 11.0. The molecule has 0 radical (unpaired) electrons. The van der Waals surface area contributed by atoms with E-state index < -0.39 is 0 Å². The van der Waals surface area contributed by atoms with Crippen molar-refractivity contribution in [3.63, 3.8) is 0 Å². The van der Waals surface area contributed by atoms with Crippen molar-refractivity contribution in [2.24, 2.45) is 0 Å². The third kappa shape index (κ3) is 117. The minimum Gasteiger partial charge on any atom is -0.120 e. The standard InChI is InChI=1S/C3H4.Li/c1-3-2;/h1H,2H3;/q;+1. The minimum absolute atomic E-state index is 0. The van der Waals surface area contributed by atoms with Crippen LogP contribution in [0.3, 0.4) is 0 Å². The minimum atomic E-state index is 0. The summed E-state index contributed by atoms with van der Waals surface area (Å²) in [4.78, 5) is 0. The predicted octanol–water partition coefficient (Wildman–Crippen LogP) is -2.36. The summed E-state index contributed by atoms with van der Waals surface area (Å²) in [5.74, 6) is 2.25. The summed E-state index contributed by atoms with van der Waals surface area (Å²) >= 11 is 0. The van der Waals surface area contributed by atoms with Crippen molar-refractivity contribution in [3.8, 4) is 12.3 Å². The van der Waals surface area contributed by atoms with Gasteiger partial charge in [0.25, 0.3) is 0 Å². The molecule has 0 aliphatic heterocycles. The van der Waals surface area contributed by atoms with E-state index in [0.29, 0.717) is 0 Å². The molecule has 0 spiro atoms. The maximum atomic E-state index is 4.60. The third-order valence-corrected chi connectivity index (χ3v) is 0. The molecule has 0 heterocycles. The van der Waals surface area contributed by atoms with Crippen LogP contribution in [-0.4, -0.2) is 0 Å². The van der Waals surface area contributed by atoms with Gasteiger partial charge in [-0.25, -0.2) is 0 Å². The van der Waals surface area contributed by atoms with Crippen molar-refractivity contribution in [3.05, 3.63) is 0 Å². The molecule has 0 N–H and O–H groups in total. The Balaban J connectivity index is 0. The van der Waals surface area contributed by atoms with Crippen LogP contribution < -0.4 is 18.9 Å². The van der Waals surface area contributed by atoms with Crippen LogP contribution in [0.5, 0.6) is 0 Å². The van der Waals surface area contributed by atoms with Crippen molar-refractivity contribution < 1.29 is 18.9 Å². The SMILES string of the molecule is C#CC.[Li+]. The molecule has 0 nitrogen and oxygen atoms in total. The van der Waals surface area contributed by atoms with Crippen LogP contribution >= 0.6 is 0 Å². The second-order valence-electron chi connectivity index (χ2n) is 0.289. The molecule has 0 atom stereocenters. The summed E-state index contributed by atoms with van der Waals surface area (Å²) in [5.41, 5.74) is 0. The maximum Gasteiger partial charge on any atom is 1.00 e. The number of hydrogen-bond acceptors (Lipinski definition) is 0. The molecule has 1 heteroatoms. The molecule has 0 aromatic carbocycles. The Morgan fingerprint density at radius 2 is 1.75 bits per heavy atom. The number of terminal acetylenes is 1. The van der Waals surface area contributed by atoms with Crippen molar-refractivity contribution in [2.75, 3.05) is 0 Å². The van der Waals surface area contributed by atoms with Gasteiger partial charge in [0.15, 0.2) is 0 Å². The summed E-state index contributed by atoms with van der Waals surface area (Å²) < 4.78 is 0. The first-order valence-electron chi connectivity index (χ1n) is 0.789. The van der Waals surface area contributed by atoms with E-state index in [9.17, 15) is 0 Å². The van der Waals surface area contributed by atoms with E-state index in [1.165, 1.54) is 0 Å². The third-order valence-electron chi connectivity index (χ3n) is 0. The quantitative estimate of drug-likeness (QED) is 0.212. The van der Waals surface area contributed by atoms with E-state index in [1.807, 2.05) is 0 Å². The van der Waals surface area contributed by atoms with Gasteiger partial charge in [-0.3, -0.25) is 0 Å². The Morgan fingerprint density at radius 1 is 1.75 bits per heavy atom. The van der Waals surface area contributed by atoms with Crippen LogP contribution in [0.2, 0.25) is 0 Å². The Kier molecular flexibility index (Phi) is 24.4. The van der Waals surface area contributed by atoms with Gasteiger partial charge in [-0.15, -0.1) is 12.3 Å². The molecule has 0 saturated carbocycles. The monoisotopic (exact) mass is 47.0 g/mol. The average molecular weight is 47.0 g/mol. The molecule has 0 aliphatic carbocycles. The first-order chi connectivity index (χ1) is 1.41. The zero-order chi connectivity index (χ0) is 2.71. The predicted molar refractivity (Wildman–Crippen MR) is 14.5 cm³/mol. The summed E-state index contributed by atoms with van der Waals surface area (Å²) in [6.07, 6.45) is 4.60. The Morgan fingerprint density at radius 3 is 1.75 bits per heavy atom. The molecule has 0 rings (SSSR count). The molecular formula is C3H4Li+. The Labute approximate surface area is 38.8 Å². The van der Waals surface area contributed by atoms with Gasteiger partial charge < -0.3 is 0 Å². The Hall–Kier alpha value is 0.157. The summed E-state index contributed by atoms with van der Waals surface area (Å²) in [6.45, 7) is 1.65. The summed E-state index contributed by atoms with van der Waals surface area (Å²) in [5, 5.41) is 0. The zero-order valence-corrected chi connectivity index (χ0v) is 3.08. The largest absolute Gasteiger partial charge is 1.00 e. The van der Waals surface area contributed by atoms with Crippen molar-refractivity contribution in [1.82, 2.24) is 0 Å². The van der Waals surface area contributed by atoms with Crippen LogP contribution in [0.1, 0.15) is 6.92 Å². The fraction of sp³-hybridized carbons (Fsp3) is 0.333. The van der Waals surface area contributed by atoms with E-state index >= 15 is 0 Å².